The van der Waals surface area contributed by atoms with Crippen molar-refractivity contribution in [1.29, 1.82) is 5.26 Å². The number of hydrogen-bond donors (Lipinski definition) is 1. The van der Waals surface area contributed by atoms with Crippen LogP contribution in [0.2, 0.25) is 0 Å². The van der Waals surface area contributed by atoms with Gasteiger partial charge in [-0.3, -0.25) is 9.89 Å². The van der Waals surface area contributed by atoms with E-state index in [2.05, 4.69) is 15.3 Å². The molecule has 0 aliphatic carbocycles. The van der Waals surface area contributed by atoms with Gasteiger partial charge in [0, 0.05) is 31.0 Å². The number of azo groups is 1. The van der Waals surface area contributed by atoms with E-state index in [0.717, 1.165) is 10.7 Å². The van der Waals surface area contributed by atoms with Crippen molar-refractivity contribution < 1.29 is 27.4 Å². The molecule has 1 aromatic heterocycles. The molecule has 3 aromatic rings. The van der Waals surface area contributed by atoms with Gasteiger partial charge >= 0.3 is 0 Å². The quantitative estimate of drug-likeness (QED) is 0.230. The van der Waals surface area contributed by atoms with Gasteiger partial charge in [-0.1, -0.05) is 18.2 Å². The van der Waals surface area contributed by atoms with Crippen LogP contribution >= 0.6 is 10.7 Å². The van der Waals surface area contributed by atoms with Crippen LogP contribution in [0.15, 0.2) is 62.4 Å². The van der Waals surface area contributed by atoms with Crippen LogP contribution in [0, 0.1) is 11.3 Å². The Hall–Kier alpha value is -3.70. The summed E-state index contributed by atoms with van der Waals surface area (Å²) >= 11 is 0. The third-order valence-corrected chi connectivity index (χ3v) is 6.13. The highest BCUT2D eigenvalue weighted by atomic mass is 35.7. The second-order valence-corrected chi connectivity index (χ2v) is 9.70. The van der Waals surface area contributed by atoms with Gasteiger partial charge in [-0.2, -0.15) is 5.26 Å². The summed E-state index contributed by atoms with van der Waals surface area (Å²) in [4.78, 5) is 12.5. The number of nitriles is 1. The van der Waals surface area contributed by atoms with Crippen molar-refractivity contribution in [3.05, 3.63) is 58.5 Å². The van der Waals surface area contributed by atoms with Crippen molar-refractivity contribution in [2.45, 2.75) is 31.3 Å². The number of H-pyrrole nitrogens is 1. The molecular formula is C22H22ClN5O7S. The van der Waals surface area contributed by atoms with Crippen molar-refractivity contribution in [1.82, 2.24) is 9.78 Å². The molecule has 1 N–H and O–H groups in total. The zero-order valence-electron chi connectivity index (χ0n) is 19.6. The van der Waals surface area contributed by atoms with Gasteiger partial charge in [-0.15, -0.1) is 10.2 Å². The van der Waals surface area contributed by atoms with Gasteiger partial charge in [0.15, 0.2) is 29.7 Å². The topological polar surface area (TPSA) is 157 Å². The summed E-state index contributed by atoms with van der Waals surface area (Å²) in [6.45, 7) is 3.13. The summed E-state index contributed by atoms with van der Waals surface area (Å²) in [5.74, 6) is -0.157. The fourth-order valence-electron chi connectivity index (χ4n) is 2.90. The molecule has 2 atom stereocenters. The number of para-hydroxylation sites is 1. The Morgan fingerprint density at radius 1 is 1.03 bits per heavy atom. The Morgan fingerprint density at radius 3 is 2.19 bits per heavy atom. The predicted octanol–water partition coefficient (Wildman–Crippen LogP) is 4.12. The van der Waals surface area contributed by atoms with Gasteiger partial charge in [-0.25, -0.2) is 13.1 Å². The molecule has 190 valence electrons. The zero-order chi connectivity index (χ0) is 26.5. The normalized spacial score (nSPS) is 13.3. The first-order valence-electron chi connectivity index (χ1n) is 10.3. The number of nitrogens with zero attached hydrogens (tertiary/aromatic N) is 4. The first-order valence-corrected chi connectivity index (χ1v) is 12.6. The smallest absolute Gasteiger partial charge is 0.300 e. The largest absolute Gasteiger partial charge is 0.464 e. The van der Waals surface area contributed by atoms with E-state index in [4.69, 9.17) is 29.6 Å². The highest BCUT2D eigenvalue weighted by Gasteiger charge is 2.24. The average molecular weight is 536 g/mol. The molecular weight excluding hydrogens is 514 g/mol. The molecule has 0 spiro atoms. The lowest BCUT2D eigenvalue weighted by Gasteiger charge is -2.19. The maximum atomic E-state index is 12.9. The van der Waals surface area contributed by atoms with E-state index in [1.165, 1.54) is 20.3 Å². The molecule has 14 heteroatoms. The van der Waals surface area contributed by atoms with Crippen molar-refractivity contribution >= 4 is 31.1 Å². The monoisotopic (exact) mass is 535 g/mol. The molecule has 0 fully saturated rings. The van der Waals surface area contributed by atoms with Gasteiger partial charge in [0.05, 0.1) is 5.69 Å². The first-order chi connectivity index (χ1) is 17.1. The predicted molar refractivity (Wildman–Crippen MR) is 129 cm³/mol. The second kappa shape index (κ2) is 11.4. The molecule has 36 heavy (non-hydrogen) atoms. The number of nitrogens with one attached hydrogen (secondary N) is 1. The van der Waals surface area contributed by atoms with Gasteiger partial charge in [-0.05, 0) is 32.0 Å². The molecule has 1 heterocycles. The number of hydrogen-bond acceptors (Lipinski definition) is 10. The Labute approximate surface area is 211 Å². The van der Waals surface area contributed by atoms with Crippen LogP contribution in [0.5, 0.6) is 11.5 Å². The summed E-state index contributed by atoms with van der Waals surface area (Å²) in [6.07, 6.45) is -1.60. The molecule has 0 saturated heterocycles. The van der Waals surface area contributed by atoms with Crippen LogP contribution < -0.4 is 15.0 Å². The number of aromatic nitrogens is 2. The Balaban J connectivity index is 2.17. The van der Waals surface area contributed by atoms with Gasteiger partial charge < -0.3 is 18.9 Å². The van der Waals surface area contributed by atoms with Crippen LogP contribution in [-0.2, 0) is 18.5 Å². The van der Waals surface area contributed by atoms with Crippen LogP contribution in [0.4, 0.5) is 11.4 Å². The van der Waals surface area contributed by atoms with Crippen LogP contribution in [0.25, 0.3) is 5.69 Å². The first kappa shape index (κ1) is 26.9. The lowest BCUT2D eigenvalue weighted by Crippen LogP contribution is -2.16. The lowest BCUT2D eigenvalue weighted by atomic mass is 10.2. The van der Waals surface area contributed by atoms with Gasteiger partial charge in [0.25, 0.3) is 14.6 Å². The molecule has 0 bridgehead atoms. The van der Waals surface area contributed by atoms with Crippen molar-refractivity contribution in [2.75, 3.05) is 14.2 Å². The molecule has 0 saturated carbocycles. The van der Waals surface area contributed by atoms with Gasteiger partial charge in [0.2, 0.25) is 0 Å². The summed E-state index contributed by atoms with van der Waals surface area (Å²) in [7, 11) is 4.08. The lowest BCUT2D eigenvalue weighted by molar-refractivity contribution is -0.0434. The van der Waals surface area contributed by atoms with Crippen LogP contribution in [0.1, 0.15) is 19.5 Å². The minimum absolute atomic E-state index is 0.00731. The third kappa shape index (κ3) is 6.10. The summed E-state index contributed by atoms with van der Waals surface area (Å²) in [6, 6.07) is 12.7. The zero-order valence-corrected chi connectivity index (χ0v) is 21.2. The Morgan fingerprint density at radius 2 is 1.64 bits per heavy atom. The Bertz CT molecular complexity index is 1460. The summed E-state index contributed by atoms with van der Waals surface area (Å²) in [5, 5.41) is 20.1. The highest BCUT2D eigenvalue weighted by Crippen LogP contribution is 2.40. The van der Waals surface area contributed by atoms with Crippen molar-refractivity contribution in [2.24, 2.45) is 10.2 Å². The van der Waals surface area contributed by atoms with E-state index in [1.807, 2.05) is 6.07 Å². The number of benzene rings is 2. The number of aromatic amines is 1. The summed E-state index contributed by atoms with van der Waals surface area (Å²) < 4.78 is 47.0. The highest BCUT2D eigenvalue weighted by molar-refractivity contribution is 8.13. The molecule has 0 aliphatic rings. The number of methoxy groups -OCH3 is 2. The molecule has 0 aliphatic heterocycles. The van der Waals surface area contributed by atoms with Crippen LogP contribution in [0.3, 0.4) is 0 Å². The van der Waals surface area contributed by atoms with E-state index in [1.54, 1.807) is 44.2 Å². The maximum Gasteiger partial charge on any atom is 0.300 e. The number of ether oxygens (including phenoxy) is 4. The molecule has 0 amide bonds. The number of halogens is 1. The van der Waals surface area contributed by atoms with Crippen molar-refractivity contribution in [3.8, 4) is 23.3 Å². The van der Waals surface area contributed by atoms with E-state index in [9.17, 15) is 18.5 Å². The second-order valence-electron chi connectivity index (χ2n) is 7.17. The molecule has 12 nitrogen and oxygen atoms in total. The minimum Gasteiger partial charge on any atom is -0.464 e. The molecule has 0 radical (unpaired) electrons. The summed E-state index contributed by atoms with van der Waals surface area (Å²) in [5.41, 5.74) is -0.739. The number of rotatable bonds is 10. The molecule has 2 aromatic carbocycles. The van der Waals surface area contributed by atoms with Gasteiger partial charge in [0.1, 0.15) is 22.4 Å². The Kier molecular flexibility index (Phi) is 8.49. The van der Waals surface area contributed by atoms with E-state index >= 15 is 0 Å². The minimum atomic E-state index is -4.32. The fourth-order valence-corrected chi connectivity index (χ4v) is 3.86. The SMILES string of the molecule is COC(C)Oc1cc(OC(C)OC)c(S(=O)(=O)Cl)cc1/N=N/c1c(C#N)[nH]n(-c2ccccc2)c1=O. The third-order valence-electron chi connectivity index (χ3n) is 4.79. The molecule has 3 rings (SSSR count). The standard InChI is InChI=1S/C22H22ClN5O7S/c1-13(32-3)34-18-11-19(35-14(2)33-4)20(36(23,30)31)10-16(18)25-26-21-17(12-24)27-28(22(21)29)15-8-6-5-7-9-15/h5-11,13-14,27H,1-4H3/b26-25+. The molecule has 2 unspecified atom stereocenters. The van der Waals surface area contributed by atoms with E-state index in [0.29, 0.717) is 5.69 Å². The maximum absolute atomic E-state index is 12.9. The van der Waals surface area contributed by atoms with E-state index in [-0.39, 0.29) is 28.6 Å². The van der Waals surface area contributed by atoms with Crippen molar-refractivity contribution in [3.63, 3.8) is 0 Å². The average Bonchev–Trinajstić information content (AvgIpc) is 3.18. The van der Waals surface area contributed by atoms with Crippen LogP contribution in [-0.4, -0.2) is 45.0 Å². The fraction of sp³-hybridized carbons (Fsp3) is 0.273. The van der Waals surface area contributed by atoms with E-state index < -0.39 is 32.1 Å².